The van der Waals surface area contributed by atoms with Crippen LogP contribution >= 0.6 is 11.6 Å². The second-order valence-corrected chi connectivity index (χ2v) is 6.27. The van der Waals surface area contributed by atoms with Crippen molar-refractivity contribution in [3.63, 3.8) is 0 Å². The van der Waals surface area contributed by atoms with Crippen molar-refractivity contribution in [2.45, 2.75) is 13.3 Å². The highest BCUT2D eigenvalue weighted by Gasteiger charge is 2.15. The van der Waals surface area contributed by atoms with Gasteiger partial charge in [-0.05, 0) is 42.8 Å². The lowest BCUT2D eigenvalue weighted by atomic mass is 10.1. The monoisotopic (exact) mass is 386 g/mol. The molecule has 0 unspecified atom stereocenters. The molecule has 0 saturated heterocycles. The zero-order chi connectivity index (χ0) is 19.8. The minimum Gasteiger partial charge on any atom is -0.481 e. The molecule has 2 amide bonds. The van der Waals surface area contributed by atoms with Crippen molar-refractivity contribution in [2.24, 2.45) is 0 Å². The van der Waals surface area contributed by atoms with Gasteiger partial charge in [0.05, 0.1) is 6.42 Å². The molecule has 140 valence electrons. The van der Waals surface area contributed by atoms with E-state index in [-0.39, 0.29) is 18.7 Å². The molecule has 3 N–H and O–H groups in total. The van der Waals surface area contributed by atoms with Crippen molar-refractivity contribution in [3.05, 3.63) is 75.9 Å². The second-order valence-electron chi connectivity index (χ2n) is 5.83. The molecule has 0 radical (unpaired) electrons. The van der Waals surface area contributed by atoms with Crippen molar-refractivity contribution in [1.82, 2.24) is 10.6 Å². The smallest absolute Gasteiger partial charge is 0.305 e. The Labute approximate surface area is 161 Å². The van der Waals surface area contributed by atoms with E-state index in [1.165, 1.54) is 6.08 Å². The van der Waals surface area contributed by atoms with Crippen molar-refractivity contribution in [2.75, 3.05) is 6.54 Å². The van der Waals surface area contributed by atoms with Crippen LogP contribution < -0.4 is 10.6 Å². The highest BCUT2D eigenvalue weighted by molar-refractivity contribution is 6.30. The lowest BCUT2D eigenvalue weighted by Crippen LogP contribution is -2.35. The maximum atomic E-state index is 12.5. The molecule has 0 aromatic heterocycles. The van der Waals surface area contributed by atoms with Gasteiger partial charge in [0.1, 0.15) is 5.70 Å². The zero-order valence-electron chi connectivity index (χ0n) is 14.7. The molecule has 6 nitrogen and oxygen atoms in total. The number of carboxylic acid groups (broad SMARTS) is 1. The molecule has 0 atom stereocenters. The SMILES string of the molecule is Cc1ccc(C(=O)NC(=Cc2ccc(Cl)cc2)C(=O)NCCC(=O)O)cc1. The molecule has 7 heteroatoms. The number of amides is 2. The number of carbonyl (C=O) groups excluding carboxylic acids is 2. The van der Waals surface area contributed by atoms with Gasteiger partial charge in [-0.3, -0.25) is 14.4 Å². The summed E-state index contributed by atoms with van der Waals surface area (Å²) in [7, 11) is 0. The summed E-state index contributed by atoms with van der Waals surface area (Å²) in [6.45, 7) is 1.86. The van der Waals surface area contributed by atoms with Gasteiger partial charge >= 0.3 is 5.97 Å². The number of carbonyl (C=O) groups is 3. The fourth-order valence-corrected chi connectivity index (χ4v) is 2.29. The number of hydrogen-bond donors (Lipinski definition) is 3. The summed E-state index contributed by atoms with van der Waals surface area (Å²) in [6, 6.07) is 13.6. The molecule has 0 aliphatic heterocycles. The van der Waals surface area contributed by atoms with E-state index in [4.69, 9.17) is 16.7 Å². The standard InChI is InChI=1S/C20H19ClN2O4/c1-13-2-6-15(7-3-13)19(26)23-17(20(27)22-11-10-18(24)25)12-14-4-8-16(21)9-5-14/h2-9,12H,10-11H2,1H3,(H,22,27)(H,23,26)(H,24,25). The van der Waals surface area contributed by atoms with Crippen molar-refractivity contribution in [3.8, 4) is 0 Å². The van der Waals surface area contributed by atoms with Gasteiger partial charge in [0.25, 0.3) is 11.8 Å². The number of rotatable bonds is 7. The maximum absolute atomic E-state index is 12.5. The van der Waals surface area contributed by atoms with Gasteiger partial charge in [-0.25, -0.2) is 0 Å². The number of nitrogens with one attached hydrogen (secondary N) is 2. The molecule has 27 heavy (non-hydrogen) atoms. The topological polar surface area (TPSA) is 95.5 Å². The van der Waals surface area contributed by atoms with Gasteiger partial charge in [0, 0.05) is 17.1 Å². The summed E-state index contributed by atoms with van der Waals surface area (Å²) in [5.41, 5.74) is 2.08. The molecule has 0 saturated carbocycles. The van der Waals surface area contributed by atoms with Crippen molar-refractivity contribution < 1.29 is 19.5 Å². The van der Waals surface area contributed by atoms with E-state index in [9.17, 15) is 14.4 Å². The molecular formula is C20H19ClN2O4. The third-order valence-corrected chi connectivity index (χ3v) is 3.86. The number of aliphatic carboxylic acids is 1. The lowest BCUT2D eigenvalue weighted by Gasteiger charge is -2.11. The van der Waals surface area contributed by atoms with Crippen molar-refractivity contribution in [1.29, 1.82) is 0 Å². The van der Waals surface area contributed by atoms with E-state index in [2.05, 4.69) is 10.6 Å². The number of aryl methyl sites for hydroxylation is 1. The summed E-state index contributed by atoms with van der Waals surface area (Å²) >= 11 is 5.86. The summed E-state index contributed by atoms with van der Waals surface area (Å²) in [4.78, 5) is 35.5. The zero-order valence-corrected chi connectivity index (χ0v) is 15.4. The first-order valence-electron chi connectivity index (χ1n) is 8.20. The van der Waals surface area contributed by atoms with E-state index < -0.39 is 17.8 Å². The second kappa shape index (κ2) is 9.54. The first-order valence-corrected chi connectivity index (χ1v) is 8.58. The molecular weight excluding hydrogens is 368 g/mol. The van der Waals surface area contributed by atoms with E-state index in [1.54, 1.807) is 48.5 Å². The Kier molecular flexibility index (Phi) is 7.14. The largest absolute Gasteiger partial charge is 0.481 e. The predicted octanol–water partition coefficient (Wildman–Crippen LogP) is 3.01. The van der Waals surface area contributed by atoms with Crippen LogP contribution in [0.2, 0.25) is 5.02 Å². The molecule has 0 aliphatic rings. The molecule has 2 aromatic carbocycles. The maximum Gasteiger partial charge on any atom is 0.305 e. The minimum absolute atomic E-state index is 0.00767. The first-order chi connectivity index (χ1) is 12.8. The van der Waals surface area contributed by atoms with Gasteiger partial charge < -0.3 is 15.7 Å². The highest BCUT2D eigenvalue weighted by atomic mass is 35.5. The highest BCUT2D eigenvalue weighted by Crippen LogP contribution is 2.13. The Morgan fingerprint density at radius 2 is 1.67 bits per heavy atom. The van der Waals surface area contributed by atoms with Gasteiger partial charge in [-0.15, -0.1) is 0 Å². The predicted molar refractivity (Wildman–Crippen MR) is 103 cm³/mol. The Hall–Kier alpha value is -3.12. The van der Waals surface area contributed by atoms with Gasteiger partial charge in [0.15, 0.2) is 0 Å². The van der Waals surface area contributed by atoms with E-state index in [0.29, 0.717) is 16.1 Å². The Bertz CT molecular complexity index is 859. The van der Waals surface area contributed by atoms with Crippen LogP contribution in [0.4, 0.5) is 0 Å². The third kappa shape index (κ3) is 6.60. The molecule has 2 rings (SSSR count). The average Bonchev–Trinajstić information content (AvgIpc) is 2.63. The van der Waals surface area contributed by atoms with Crippen LogP contribution in [0.25, 0.3) is 6.08 Å². The normalized spacial score (nSPS) is 11.0. The minimum atomic E-state index is -1.03. The summed E-state index contributed by atoms with van der Waals surface area (Å²) in [5.74, 6) is -2.04. The van der Waals surface area contributed by atoms with Crippen LogP contribution in [-0.4, -0.2) is 29.4 Å². The van der Waals surface area contributed by atoms with Gasteiger partial charge in [-0.2, -0.15) is 0 Å². The Balaban J connectivity index is 2.21. The van der Waals surface area contributed by atoms with Crippen molar-refractivity contribution >= 4 is 35.5 Å². The fourth-order valence-electron chi connectivity index (χ4n) is 2.16. The number of carboxylic acids is 1. The Morgan fingerprint density at radius 3 is 2.26 bits per heavy atom. The Morgan fingerprint density at radius 1 is 1.04 bits per heavy atom. The van der Waals surface area contributed by atoms with E-state index in [1.807, 2.05) is 6.92 Å². The van der Waals surface area contributed by atoms with Crippen LogP contribution in [0.5, 0.6) is 0 Å². The van der Waals surface area contributed by atoms with Gasteiger partial charge in [0.2, 0.25) is 0 Å². The number of benzene rings is 2. The summed E-state index contributed by atoms with van der Waals surface area (Å²) in [5, 5.41) is 14.3. The molecule has 2 aromatic rings. The molecule has 0 bridgehead atoms. The van der Waals surface area contributed by atoms with Gasteiger partial charge in [-0.1, -0.05) is 41.4 Å². The quantitative estimate of drug-likeness (QED) is 0.637. The molecule has 0 spiro atoms. The van der Waals surface area contributed by atoms with Crippen LogP contribution in [0, 0.1) is 6.92 Å². The van der Waals surface area contributed by atoms with Crippen LogP contribution in [-0.2, 0) is 9.59 Å². The van der Waals surface area contributed by atoms with Crippen LogP contribution in [0.15, 0.2) is 54.2 Å². The lowest BCUT2D eigenvalue weighted by molar-refractivity contribution is -0.136. The van der Waals surface area contributed by atoms with E-state index >= 15 is 0 Å². The average molecular weight is 387 g/mol. The van der Waals surface area contributed by atoms with E-state index in [0.717, 1.165) is 5.56 Å². The summed E-state index contributed by atoms with van der Waals surface area (Å²) in [6.07, 6.45) is 1.28. The third-order valence-electron chi connectivity index (χ3n) is 3.61. The molecule has 0 heterocycles. The first kappa shape index (κ1) is 20.2. The molecule has 0 fully saturated rings. The van der Waals surface area contributed by atoms with Crippen LogP contribution in [0.1, 0.15) is 27.9 Å². The van der Waals surface area contributed by atoms with Crippen LogP contribution in [0.3, 0.4) is 0 Å². The number of hydrogen-bond acceptors (Lipinski definition) is 3. The number of halogens is 1. The fraction of sp³-hybridized carbons (Fsp3) is 0.150. The summed E-state index contributed by atoms with van der Waals surface area (Å²) < 4.78 is 0. The molecule has 0 aliphatic carbocycles.